The van der Waals surface area contributed by atoms with E-state index in [1.165, 1.54) is 0 Å². The van der Waals surface area contributed by atoms with Gasteiger partial charge in [-0.2, -0.15) is 5.10 Å². The Hall–Kier alpha value is -1.86. The second kappa shape index (κ2) is 5.87. The van der Waals surface area contributed by atoms with Crippen molar-refractivity contribution in [3.63, 3.8) is 0 Å². The Morgan fingerprint density at radius 1 is 1.24 bits per heavy atom. The van der Waals surface area contributed by atoms with E-state index < -0.39 is 10.0 Å². The Balaban J connectivity index is 2.23. The molecule has 1 aromatic heterocycles. The maximum Gasteiger partial charge on any atom is 0.244 e. The van der Waals surface area contributed by atoms with Crippen LogP contribution in [-0.4, -0.2) is 25.7 Å². The van der Waals surface area contributed by atoms with E-state index >= 15 is 0 Å². The molecule has 0 fully saturated rings. The molecule has 0 bridgehead atoms. The van der Waals surface area contributed by atoms with Gasteiger partial charge in [0, 0.05) is 6.04 Å². The molecule has 2 aromatic rings. The van der Waals surface area contributed by atoms with Crippen LogP contribution in [0.1, 0.15) is 29.9 Å². The minimum absolute atomic E-state index is 0.211. The van der Waals surface area contributed by atoms with Crippen LogP contribution in [0.15, 0.2) is 29.2 Å². The molecule has 0 saturated carbocycles. The van der Waals surface area contributed by atoms with E-state index in [1.54, 1.807) is 40.0 Å². The number of sulfonamides is 1. The summed E-state index contributed by atoms with van der Waals surface area (Å²) >= 11 is 0. The summed E-state index contributed by atoms with van der Waals surface area (Å²) in [5.41, 5.74) is 1.85. The molecule has 0 amide bonds. The van der Waals surface area contributed by atoms with Gasteiger partial charge in [0.25, 0.3) is 0 Å². The van der Waals surface area contributed by atoms with Gasteiger partial charge in [-0.1, -0.05) is 12.1 Å². The highest BCUT2D eigenvalue weighted by Gasteiger charge is 2.24. The maximum atomic E-state index is 12.4. The summed E-state index contributed by atoms with van der Waals surface area (Å²) in [7, 11) is -2.03. The number of aromatic amines is 1. The highest BCUT2D eigenvalue weighted by molar-refractivity contribution is 7.89. The van der Waals surface area contributed by atoms with E-state index in [9.17, 15) is 8.42 Å². The first-order chi connectivity index (χ1) is 9.85. The zero-order valence-electron chi connectivity index (χ0n) is 12.5. The van der Waals surface area contributed by atoms with Crippen LogP contribution < -0.4 is 9.46 Å². The molecule has 1 heterocycles. The van der Waals surface area contributed by atoms with Crippen molar-refractivity contribution in [1.29, 1.82) is 0 Å². The largest absolute Gasteiger partial charge is 0.497 e. The predicted octanol–water partition coefficient (Wildman–Crippen LogP) is 2.07. The van der Waals surface area contributed by atoms with Crippen LogP contribution in [0.2, 0.25) is 0 Å². The number of hydrogen-bond donors (Lipinski definition) is 2. The highest BCUT2D eigenvalue weighted by Crippen LogP contribution is 2.22. The van der Waals surface area contributed by atoms with Gasteiger partial charge in [0.05, 0.1) is 18.5 Å². The fourth-order valence-corrected chi connectivity index (χ4v) is 3.79. The lowest BCUT2D eigenvalue weighted by Crippen LogP contribution is -2.27. The summed E-state index contributed by atoms with van der Waals surface area (Å²) in [6.07, 6.45) is 0. The molecule has 2 rings (SSSR count). The lowest BCUT2D eigenvalue weighted by molar-refractivity contribution is 0.414. The van der Waals surface area contributed by atoms with E-state index in [4.69, 9.17) is 4.74 Å². The van der Waals surface area contributed by atoms with Gasteiger partial charge in [-0.05, 0) is 38.5 Å². The van der Waals surface area contributed by atoms with Crippen LogP contribution in [-0.2, 0) is 10.0 Å². The topological polar surface area (TPSA) is 84.1 Å². The van der Waals surface area contributed by atoms with Gasteiger partial charge in [-0.3, -0.25) is 5.10 Å². The zero-order chi connectivity index (χ0) is 15.6. The van der Waals surface area contributed by atoms with Crippen molar-refractivity contribution in [1.82, 2.24) is 14.9 Å². The van der Waals surface area contributed by atoms with Crippen molar-refractivity contribution in [3.05, 3.63) is 41.2 Å². The second-order valence-corrected chi connectivity index (χ2v) is 6.53. The first-order valence-corrected chi connectivity index (χ1v) is 8.01. The van der Waals surface area contributed by atoms with Gasteiger partial charge in [0.1, 0.15) is 10.6 Å². The number of ether oxygens (including phenoxy) is 1. The molecular weight excluding hydrogens is 290 g/mol. The van der Waals surface area contributed by atoms with Crippen molar-refractivity contribution in [2.75, 3.05) is 7.11 Å². The molecule has 0 spiro atoms. The molecule has 7 heteroatoms. The molecule has 0 aliphatic rings. The van der Waals surface area contributed by atoms with Gasteiger partial charge in [0.2, 0.25) is 10.0 Å². The normalized spacial score (nSPS) is 13.1. The molecule has 6 nitrogen and oxygen atoms in total. The number of nitrogens with zero attached hydrogens (tertiary/aromatic N) is 1. The first kappa shape index (κ1) is 15.5. The Morgan fingerprint density at radius 2 is 1.86 bits per heavy atom. The molecule has 21 heavy (non-hydrogen) atoms. The van der Waals surface area contributed by atoms with Gasteiger partial charge >= 0.3 is 0 Å². The molecule has 1 atom stereocenters. The molecule has 114 valence electrons. The summed E-state index contributed by atoms with van der Waals surface area (Å²) in [6, 6.07) is 6.92. The van der Waals surface area contributed by atoms with Crippen LogP contribution in [0, 0.1) is 13.8 Å². The number of methoxy groups -OCH3 is 1. The number of hydrogen-bond acceptors (Lipinski definition) is 4. The average molecular weight is 309 g/mol. The van der Waals surface area contributed by atoms with E-state index in [1.807, 2.05) is 12.1 Å². The van der Waals surface area contributed by atoms with E-state index in [0.717, 1.165) is 11.3 Å². The maximum absolute atomic E-state index is 12.4. The number of aryl methyl sites for hydroxylation is 2. The Labute approximate surface area is 124 Å². The van der Waals surface area contributed by atoms with Gasteiger partial charge in [-0.15, -0.1) is 0 Å². The van der Waals surface area contributed by atoms with E-state index in [2.05, 4.69) is 14.9 Å². The van der Waals surface area contributed by atoms with E-state index in [0.29, 0.717) is 11.4 Å². The lowest BCUT2D eigenvalue weighted by Gasteiger charge is -2.15. The third-order valence-electron chi connectivity index (χ3n) is 3.28. The predicted molar refractivity (Wildman–Crippen MR) is 79.8 cm³/mol. The number of nitrogens with one attached hydrogen (secondary N) is 2. The lowest BCUT2D eigenvalue weighted by atomic mass is 10.1. The van der Waals surface area contributed by atoms with Crippen molar-refractivity contribution < 1.29 is 13.2 Å². The van der Waals surface area contributed by atoms with Gasteiger partial charge < -0.3 is 4.74 Å². The quantitative estimate of drug-likeness (QED) is 0.885. The highest BCUT2D eigenvalue weighted by atomic mass is 32.2. The molecule has 0 aliphatic carbocycles. The molecule has 0 aliphatic heterocycles. The zero-order valence-corrected chi connectivity index (χ0v) is 13.3. The standard InChI is InChI=1S/C14H19N3O3S/c1-9(12-5-7-13(20-4)8-6-12)17-21(18,19)14-10(2)15-16-11(14)3/h5-9,17H,1-4H3,(H,15,16). The SMILES string of the molecule is COc1ccc(C(C)NS(=O)(=O)c2c(C)n[nH]c2C)cc1. The summed E-state index contributed by atoms with van der Waals surface area (Å²) < 4.78 is 32.6. The molecule has 0 radical (unpaired) electrons. The second-order valence-electron chi connectivity index (χ2n) is 4.88. The summed E-state index contributed by atoms with van der Waals surface area (Å²) in [5, 5.41) is 6.61. The molecule has 2 N–H and O–H groups in total. The minimum Gasteiger partial charge on any atom is -0.497 e. The van der Waals surface area contributed by atoms with Crippen LogP contribution in [0.25, 0.3) is 0 Å². The van der Waals surface area contributed by atoms with Crippen molar-refractivity contribution in [2.24, 2.45) is 0 Å². The van der Waals surface area contributed by atoms with Gasteiger partial charge in [0.15, 0.2) is 0 Å². The molecule has 1 aromatic carbocycles. The Bertz CT molecular complexity index is 701. The van der Waals surface area contributed by atoms with Crippen LogP contribution >= 0.6 is 0 Å². The Morgan fingerprint density at radius 3 is 2.33 bits per heavy atom. The Kier molecular flexibility index (Phi) is 4.34. The summed E-state index contributed by atoms with van der Waals surface area (Å²) in [5.74, 6) is 0.732. The smallest absolute Gasteiger partial charge is 0.244 e. The average Bonchev–Trinajstić information content (AvgIpc) is 2.78. The van der Waals surface area contributed by atoms with Crippen molar-refractivity contribution >= 4 is 10.0 Å². The van der Waals surface area contributed by atoms with Crippen molar-refractivity contribution in [3.8, 4) is 5.75 Å². The molecular formula is C14H19N3O3S. The van der Waals surface area contributed by atoms with E-state index in [-0.39, 0.29) is 10.9 Å². The van der Waals surface area contributed by atoms with Crippen molar-refractivity contribution in [2.45, 2.75) is 31.7 Å². The third-order valence-corrected chi connectivity index (χ3v) is 5.08. The summed E-state index contributed by atoms with van der Waals surface area (Å²) in [6.45, 7) is 5.15. The van der Waals surface area contributed by atoms with Gasteiger partial charge in [-0.25, -0.2) is 13.1 Å². The van der Waals surface area contributed by atoms with Crippen LogP contribution in [0.3, 0.4) is 0 Å². The fraction of sp³-hybridized carbons (Fsp3) is 0.357. The monoisotopic (exact) mass is 309 g/mol. The summed E-state index contributed by atoms with van der Waals surface area (Å²) in [4.78, 5) is 0.211. The minimum atomic E-state index is -3.62. The van der Waals surface area contributed by atoms with Crippen LogP contribution in [0.4, 0.5) is 0 Å². The fourth-order valence-electron chi connectivity index (χ4n) is 2.19. The molecule has 0 saturated heterocycles. The third kappa shape index (κ3) is 3.25. The molecule has 1 unspecified atom stereocenters. The first-order valence-electron chi connectivity index (χ1n) is 6.53. The van der Waals surface area contributed by atoms with Crippen LogP contribution in [0.5, 0.6) is 5.75 Å². The number of rotatable bonds is 5. The number of benzene rings is 1. The number of H-pyrrole nitrogens is 1. The number of aromatic nitrogens is 2.